The molecular weight excluding hydrogens is 723 g/mol. The minimum Gasteiger partial charge on any atom is -0.393 e. The molecular formula is C42H63BN8O6. The van der Waals surface area contributed by atoms with Crippen LogP contribution in [0.4, 0.5) is 0 Å². The summed E-state index contributed by atoms with van der Waals surface area (Å²) in [6.07, 6.45) is 13.5. The molecule has 2 aromatic carbocycles. The first kappa shape index (κ1) is 42.4. The van der Waals surface area contributed by atoms with Crippen LogP contribution in [0.2, 0.25) is 0 Å². The molecule has 0 heterocycles. The van der Waals surface area contributed by atoms with E-state index in [1.807, 2.05) is 38.5 Å². The maximum Gasteiger partial charge on any atom is 0.441 e. The summed E-state index contributed by atoms with van der Waals surface area (Å²) in [5.41, 5.74) is 14.9. The van der Waals surface area contributed by atoms with Crippen LogP contribution in [0.1, 0.15) is 135 Å². The fourth-order valence-corrected chi connectivity index (χ4v) is 9.81. The lowest BCUT2D eigenvalue weighted by Crippen LogP contribution is -2.49. The van der Waals surface area contributed by atoms with E-state index in [2.05, 4.69) is 45.5 Å². The number of carbonyl (C=O) groups excluding carboxylic acids is 2. The number of fused-ring (bicyclic) bond motifs is 6. The molecule has 10 N–H and O–H groups in total. The molecule has 57 heavy (non-hydrogen) atoms. The van der Waals surface area contributed by atoms with Crippen molar-refractivity contribution < 1.29 is 28.4 Å². The molecule has 0 aromatic heterocycles. The Bertz CT molecular complexity index is 1540. The molecule has 0 radical (unpaired) electrons. The van der Waals surface area contributed by atoms with Crippen LogP contribution in [0.25, 0.3) is 0 Å². The van der Waals surface area contributed by atoms with Crippen molar-refractivity contribution in [2.45, 2.75) is 137 Å². The lowest BCUT2D eigenvalue weighted by Gasteiger charge is -2.53. The minimum absolute atomic E-state index is 0.0358. The van der Waals surface area contributed by atoms with Gasteiger partial charge in [-0.2, -0.15) is 0 Å². The first-order valence-corrected chi connectivity index (χ1v) is 20.7. The van der Waals surface area contributed by atoms with E-state index >= 15 is 0 Å². The third-order valence-electron chi connectivity index (χ3n) is 13.8. The zero-order valence-corrected chi connectivity index (χ0v) is 33.8. The Morgan fingerprint density at radius 3 is 1.25 bits per heavy atom. The SMILES string of the molecule is COC12CCC(c3ccc(C(=O)NC(CCCNC(=N)N)OBOC(CCCNC(=N)N)NC(=O)c4ccc(C56CCC(OC)(CC5)CC6)cc4)cc3)(CC1)CC2. The number of ether oxygens (including phenoxy) is 2. The molecule has 14 nitrogen and oxygen atoms in total. The second-order valence-electron chi connectivity index (χ2n) is 16.8. The van der Waals surface area contributed by atoms with Crippen LogP contribution in [0.3, 0.4) is 0 Å². The number of carbonyl (C=O) groups is 2. The largest absolute Gasteiger partial charge is 0.441 e. The quantitative estimate of drug-likeness (QED) is 0.0313. The lowest BCUT2D eigenvalue weighted by atomic mass is 9.56. The zero-order valence-electron chi connectivity index (χ0n) is 33.8. The lowest BCUT2D eigenvalue weighted by molar-refractivity contribution is -0.0956. The molecule has 2 unspecified atom stereocenters. The van der Waals surface area contributed by atoms with Crippen LogP contribution < -0.4 is 32.7 Å². The Balaban J connectivity index is 1.05. The number of rotatable bonds is 20. The number of nitrogens with two attached hydrogens (primary N) is 2. The number of amides is 2. The number of methoxy groups -OCH3 is 2. The molecule has 4 bridgehead atoms. The van der Waals surface area contributed by atoms with E-state index in [4.69, 9.17) is 41.1 Å². The average Bonchev–Trinajstić information content (AvgIpc) is 3.24. The van der Waals surface area contributed by atoms with Gasteiger partial charge >= 0.3 is 7.69 Å². The van der Waals surface area contributed by atoms with Crippen molar-refractivity contribution in [3.8, 4) is 0 Å². The summed E-state index contributed by atoms with van der Waals surface area (Å²) in [6, 6.07) is 15.9. The first-order valence-electron chi connectivity index (χ1n) is 20.7. The van der Waals surface area contributed by atoms with Crippen molar-refractivity contribution in [2.24, 2.45) is 11.5 Å². The molecule has 6 aliphatic carbocycles. The maximum absolute atomic E-state index is 13.5. The minimum atomic E-state index is -0.709. The molecule has 6 saturated carbocycles. The van der Waals surface area contributed by atoms with Crippen LogP contribution in [0.5, 0.6) is 0 Å². The molecule has 0 saturated heterocycles. The molecule has 15 heteroatoms. The van der Waals surface area contributed by atoms with Gasteiger partial charge in [-0.15, -0.1) is 0 Å². The van der Waals surface area contributed by atoms with Gasteiger partial charge in [0.2, 0.25) is 0 Å². The van der Waals surface area contributed by atoms with Crippen molar-refractivity contribution in [3.63, 3.8) is 0 Å². The fourth-order valence-electron chi connectivity index (χ4n) is 9.81. The van der Waals surface area contributed by atoms with Crippen molar-refractivity contribution in [1.29, 1.82) is 10.8 Å². The van der Waals surface area contributed by atoms with Gasteiger partial charge in [0, 0.05) is 38.4 Å². The van der Waals surface area contributed by atoms with Crippen LogP contribution in [0, 0.1) is 10.8 Å². The highest BCUT2D eigenvalue weighted by Gasteiger charge is 2.50. The van der Waals surface area contributed by atoms with Gasteiger partial charge in [0.1, 0.15) is 12.5 Å². The van der Waals surface area contributed by atoms with Crippen LogP contribution in [0.15, 0.2) is 48.5 Å². The van der Waals surface area contributed by atoms with E-state index in [-0.39, 0.29) is 53.5 Å². The van der Waals surface area contributed by atoms with E-state index in [0.717, 1.165) is 77.0 Å². The predicted octanol–water partition coefficient (Wildman–Crippen LogP) is 4.31. The number of nitrogens with one attached hydrogen (secondary N) is 6. The summed E-state index contributed by atoms with van der Waals surface area (Å²) >= 11 is 0. The van der Waals surface area contributed by atoms with Crippen LogP contribution in [-0.4, -0.2) is 82.4 Å². The van der Waals surface area contributed by atoms with Gasteiger partial charge in [-0.3, -0.25) is 20.4 Å². The van der Waals surface area contributed by atoms with Crippen LogP contribution >= 0.6 is 0 Å². The molecule has 6 fully saturated rings. The van der Waals surface area contributed by atoms with Gasteiger partial charge in [-0.05, 0) is 149 Å². The highest BCUT2D eigenvalue weighted by Crippen LogP contribution is 2.56. The highest BCUT2D eigenvalue weighted by atomic mass is 16.6. The Morgan fingerprint density at radius 1 is 0.614 bits per heavy atom. The van der Waals surface area contributed by atoms with E-state index in [0.29, 0.717) is 49.9 Å². The molecule has 8 rings (SSSR count). The normalized spacial score (nSPS) is 27.2. The molecule has 0 spiro atoms. The van der Waals surface area contributed by atoms with E-state index in [1.165, 1.54) is 11.1 Å². The van der Waals surface area contributed by atoms with Gasteiger partial charge in [0.25, 0.3) is 11.8 Å². The number of hydrogen-bond donors (Lipinski definition) is 8. The topological polar surface area (TPSA) is 219 Å². The third-order valence-corrected chi connectivity index (χ3v) is 13.8. The molecule has 2 aromatic rings. The van der Waals surface area contributed by atoms with Crippen LogP contribution in [-0.2, 0) is 29.6 Å². The van der Waals surface area contributed by atoms with Crippen molar-refractivity contribution >= 4 is 31.4 Å². The Kier molecular flexibility index (Phi) is 13.9. The summed E-state index contributed by atoms with van der Waals surface area (Å²) in [7, 11) is 3.46. The zero-order chi connectivity index (χ0) is 40.5. The van der Waals surface area contributed by atoms with Crippen molar-refractivity contribution in [1.82, 2.24) is 21.3 Å². The monoisotopic (exact) mass is 786 g/mol. The first-order chi connectivity index (χ1) is 27.4. The summed E-state index contributed by atoms with van der Waals surface area (Å²) in [4.78, 5) is 27.1. The number of benzene rings is 2. The molecule has 2 amide bonds. The van der Waals surface area contributed by atoms with Crippen molar-refractivity contribution in [2.75, 3.05) is 27.3 Å². The average molecular weight is 787 g/mol. The second kappa shape index (κ2) is 18.6. The Hall–Kier alpha value is -4.18. The van der Waals surface area contributed by atoms with Gasteiger partial charge in [-0.25, -0.2) is 0 Å². The predicted molar refractivity (Wildman–Crippen MR) is 221 cm³/mol. The van der Waals surface area contributed by atoms with Gasteiger partial charge in [0.15, 0.2) is 11.9 Å². The van der Waals surface area contributed by atoms with E-state index in [9.17, 15) is 9.59 Å². The molecule has 2 atom stereocenters. The highest BCUT2D eigenvalue weighted by molar-refractivity contribution is 6.18. The molecule has 0 aliphatic heterocycles. The summed E-state index contributed by atoms with van der Waals surface area (Å²) in [5, 5.41) is 26.6. The molecule has 310 valence electrons. The standard InChI is InChI=1S/C42H63BN8O6/c1-54-41-21-15-39(16-22-41,17-23-41)31-11-7-29(8-12-31)35(52)50-33(5-3-27-48-37(44)45)56-43-57-34(6-4-28-49-38(46)47)51-36(53)30-9-13-32(14-10-30)40-18-24-42(55-2,25-19-40)26-20-40/h7-14,33-34,43H,3-6,15-28H2,1-2H3,(H,50,52)(H,51,53)(H4,44,45,48)(H4,46,47,49). The van der Waals surface area contributed by atoms with Gasteiger partial charge < -0.3 is 51.5 Å². The summed E-state index contributed by atoms with van der Waals surface area (Å²) in [5.74, 6) is -0.790. The maximum atomic E-state index is 13.5. The third kappa shape index (κ3) is 10.3. The smallest absolute Gasteiger partial charge is 0.393 e. The fraction of sp³-hybridized carbons (Fsp3) is 0.619. The van der Waals surface area contributed by atoms with Gasteiger partial charge in [-0.1, -0.05) is 24.3 Å². The number of guanidine groups is 2. The number of hydrogen-bond acceptors (Lipinski definition) is 8. The van der Waals surface area contributed by atoms with E-state index < -0.39 is 12.5 Å². The Morgan fingerprint density at radius 2 is 0.947 bits per heavy atom. The second-order valence-corrected chi connectivity index (χ2v) is 16.8. The van der Waals surface area contributed by atoms with Crippen molar-refractivity contribution in [3.05, 3.63) is 70.8 Å². The molecule has 6 aliphatic rings. The van der Waals surface area contributed by atoms with E-state index in [1.54, 1.807) is 0 Å². The summed E-state index contributed by atoms with van der Waals surface area (Å²) < 4.78 is 24.0. The Labute approximate surface area is 337 Å². The van der Waals surface area contributed by atoms with Gasteiger partial charge in [0.05, 0.1) is 11.2 Å². The summed E-state index contributed by atoms with van der Waals surface area (Å²) in [6.45, 7) is 0.867.